The van der Waals surface area contributed by atoms with Crippen LogP contribution in [0.5, 0.6) is 0 Å². The van der Waals surface area contributed by atoms with Crippen molar-refractivity contribution in [3.05, 3.63) is 45.8 Å². The minimum atomic E-state index is -1.24. The average molecular weight is 525 g/mol. The highest BCUT2D eigenvalue weighted by molar-refractivity contribution is 8.00. The summed E-state index contributed by atoms with van der Waals surface area (Å²) in [6.45, 7) is 0.208. The third-order valence-electron chi connectivity index (χ3n) is 5.07. The van der Waals surface area contributed by atoms with E-state index in [1.165, 1.54) is 29.2 Å². The van der Waals surface area contributed by atoms with Crippen LogP contribution in [0.15, 0.2) is 40.3 Å². The SMILES string of the molecule is CON=C(C(=O)N[C@@H]1C(=O)N2C(C(=O)O)=C(C[n+]3ccc(Cl)c(N)c3)CS[C@@H]12)c1csc(N)n1. The van der Waals surface area contributed by atoms with Crippen LogP contribution in [-0.2, 0) is 25.8 Å². The van der Waals surface area contributed by atoms with Crippen LogP contribution in [0.3, 0.4) is 0 Å². The number of β-lactam (4-membered cyclic amide) rings is 1. The molecule has 0 unspecified atom stereocenters. The third-order valence-corrected chi connectivity index (χ3v) is 7.42. The summed E-state index contributed by atoms with van der Waals surface area (Å²) in [7, 11) is 1.27. The molecule has 4 rings (SSSR count). The molecule has 2 aliphatic heterocycles. The zero-order valence-electron chi connectivity index (χ0n) is 17.6. The number of anilines is 2. The molecule has 2 aromatic heterocycles. The molecular formula is C19H19ClN7O5S2+. The van der Waals surface area contributed by atoms with Crippen molar-refractivity contribution in [3.63, 3.8) is 0 Å². The molecule has 34 heavy (non-hydrogen) atoms. The van der Waals surface area contributed by atoms with Crippen LogP contribution in [0.25, 0.3) is 0 Å². The van der Waals surface area contributed by atoms with E-state index in [1.54, 1.807) is 23.0 Å². The fourth-order valence-corrected chi connectivity index (χ4v) is 5.55. The second-order valence-corrected chi connectivity index (χ2v) is 9.63. The number of carbonyl (C=O) groups is 3. The van der Waals surface area contributed by atoms with Gasteiger partial charge in [0.2, 0.25) is 0 Å². The Kier molecular flexibility index (Phi) is 6.63. The lowest BCUT2D eigenvalue weighted by molar-refractivity contribution is -0.688. The Hall–Kier alpha value is -3.36. The first kappa shape index (κ1) is 23.8. The number of thiazole rings is 1. The first-order chi connectivity index (χ1) is 16.2. The molecule has 2 aliphatic rings. The van der Waals surface area contributed by atoms with Gasteiger partial charge in [-0.05, 0) is 0 Å². The molecule has 12 nitrogen and oxygen atoms in total. The number of nitrogens with two attached hydrogens (primary N) is 2. The molecule has 2 aromatic rings. The van der Waals surface area contributed by atoms with E-state index in [1.807, 2.05) is 0 Å². The summed E-state index contributed by atoms with van der Waals surface area (Å²) in [4.78, 5) is 47.7. The lowest BCUT2D eigenvalue weighted by Crippen LogP contribution is -2.71. The molecule has 0 aliphatic carbocycles. The van der Waals surface area contributed by atoms with Crippen molar-refractivity contribution >= 4 is 69.0 Å². The second-order valence-electron chi connectivity index (χ2n) is 7.23. The van der Waals surface area contributed by atoms with Gasteiger partial charge >= 0.3 is 5.97 Å². The van der Waals surface area contributed by atoms with E-state index in [-0.39, 0.29) is 28.8 Å². The number of oxime groups is 1. The van der Waals surface area contributed by atoms with Crippen LogP contribution < -0.4 is 21.4 Å². The number of carboxylic acids is 1. The van der Waals surface area contributed by atoms with E-state index < -0.39 is 29.2 Å². The monoisotopic (exact) mass is 524 g/mol. The maximum Gasteiger partial charge on any atom is 0.352 e. The minimum absolute atomic E-state index is 0.113. The van der Waals surface area contributed by atoms with Crippen LogP contribution in [0.1, 0.15) is 5.69 Å². The second kappa shape index (κ2) is 9.48. The number of carbonyl (C=O) groups excluding carboxylic acids is 2. The number of carboxylic acid groups (broad SMARTS) is 1. The van der Waals surface area contributed by atoms with Crippen molar-refractivity contribution in [3.8, 4) is 0 Å². The number of amides is 2. The lowest BCUT2D eigenvalue weighted by Gasteiger charge is -2.49. The molecule has 1 fully saturated rings. The smallest absolute Gasteiger partial charge is 0.352 e. The van der Waals surface area contributed by atoms with Crippen LogP contribution >= 0.6 is 34.7 Å². The van der Waals surface area contributed by atoms with Gasteiger partial charge in [-0.15, -0.1) is 23.1 Å². The quantitative estimate of drug-likeness (QED) is 0.168. The van der Waals surface area contributed by atoms with Crippen LogP contribution in [-0.4, -0.2) is 62.8 Å². The molecule has 0 spiro atoms. The molecule has 2 amide bonds. The number of rotatable bonds is 7. The molecular weight excluding hydrogens is 506 g/mol. The number of aromatic nitrogens is 2. The van der Waals surface area contributed by atoms with Crippen molar-refractivity contribution in [1.82, 2.24) is 15.2 Å². The number of halogens is 1. The predicted octanol–water partition coefficient (Wildman–Crippen LogP) is 0.0377. The Bertz CT molecular complexity index is 1250. The normalized spacial score (nSPS) is 20.0. The number of nitrogens with zero attached hydrogens (tertiary/aromatic N) is 4. The zero-order valence-corrected chi connectivity index (χ0v) is 20.0. The third kappa shape index (κ3) is 4.38. The minimum Gasteiger partial charge on any atom is -0.477 e. The maximum atomic E-state index is 12.9. The van der Waals surface area contributed by atoms with Gasteiger partial charge in [-0.3, -0.25) is 14.5 Å². The van der Waals surface area contributed by atoms with Gasteiger partial charge in [0, 0.05) is 22.8 Å². The summed E-state index contributed by atoms with van der Waals surface area (Å²) < 4.78 is 1.69. The molecule has 2 atom stereocenters. The topological polar surface area (TPSA) is 177 Å². The molecule has 178 valence electrons. The van der Waals surface area contributed by atoms with E-state index in [4.69, 9.17) is 27.9 Å². The van der Waals surface area contributed by atoms with Gasteiger partial charge in [-0.25, -0.2) is 9.78 Å². The summed E-state index contributed by atoms with van der Waals surface area (Å²) in [6, 6.07) is 0.664. The number of hydrogen-bond donors (Lipinski definition) is 4. The van der Waals surface area contributed by atoms with Crippen LogP contribution in [0.2, 0.25) is 5.02 Å². The Labute approximate surface area is 206 Å². The molecule has 0 saturated carbocycles. The Morgan fingerprint density at radius 1 is 1.47 bits per heavy atom. The Balaban J connectivity index is 1.54. The summed E-state index contributed by atoms with van der Waals surface area (Å²) in [5.41, 5.74) is 12.3. The van der Waals surface area contributed by atoms with E-state index in [2.05, 4.69) is 15.5 Å². The Morgan fingerprint density at radius 2 is 2.24 bits per heavy atom. The summed E-state index contributed by atoms with van der Waals surface area (Å²) in [6.07, 6.45) is 3.26. The maximum absolute atomic E-state index is 12.9. The molecule has 0 aromatic carbocycles. The number of thioether (sulfide) groups is 1. The van der Waals surface area contributed by atoms with Gasteiger partial charge in [-0.1, -0.05) is 16.8 Å². The summed E-state index contributed by atoms with van der Waals surface area (Å²) >= 11 is 8.41. The first-order valence-corrected chi connectivity index (χ1v) is 12.0. The highest BCUT2D eigenvalue weighted by atomic mass is 35.5. The summed E-state index contributed by atoms with van der Waals surface area (Å²) in [5.74, 6) is -2.14. The van der Waals surface area contributed by atoms with Crippen LogP contribution in [0.4, 0.5) is 10.8 Å². The average Bonchev–Trinajstić information content (AvgIpc) is 3.23. The van der Waals surface area contributed by atoms with Gasteiger partial charge in [0.05, 0.1) is 5.02 Å². The highest BCUT2D eigenvalue weighted by Gasteiger charge is 2.54. The van der Waals surface area contributed by atoms with Crippen molar-refractivity contribution in [2.45, 2.75) is 18.0 Å². The van der Waals surface area contributed by atoms with Gasteiger partial charge in [0.25, 0.3) is 11.8 Å². The fraction of sp³-hybridized carbons (Fsp3) is 0.263. The lowest BCUT2D eigenvalue weighted by atomic mass is 10.0. The van der Waals surface area contributed by atoms with Crippen molar-refractivity contribution in [2.24, 2.45) is 5.16 Å². The van der Waals surface area contributed by atoms with Crippen molar-refractivity contribution in [2.75, 3.05) is 24.3 Å². The number of hydrogen-bond acceptors (Lipinski definition) is 10. The van der Waals surface area contributed by atoms with E-state index in [0.29, 0.717) is 22.0 Å². The largest absolute Gasteiger partial charge is 0.477 e. The first-order valence-electron chi connectivity index (χ1n) is 9.68. The molecule has 0 radical (unpaired) electrons. The van der Waals surface area contributed by atoms with Crippen molar-refractivity contribution in [1.29, 1.82) is 0 Å². The number of pyridine rings is 1. The van der Waals surface area contributed by atoms with Gasteiger partial charge in [-0.2, -0.15) is 4.57 Å². The fourth-order valence-electron chi connectivity index (χ4n) is 3.57. The Morgan fingerprint density at radius 3 is 2.85 bits per heavy atom. The molecule has 1 saturated heterocycles. The van der Waals surface area contributed by atoms with E-state index in [0.717, 1.165) is 11.3 Å². The molecule has 6 N–H and O–H groups in total. The highest BCUT2D eigenvalue weighted by Crippen LogP contribution is 2.40. The molecule has 15 heteroatoms. The summed E-state index contributed by atoms with van der Waals surface area (Å²) in [5, 5.41) is 17.7. The van der Waals surface area contributed by atoms with Gasteiger partial charge < -0.3 is 26.7 Å². The number of fused-ring (bicyclic) bond motifs is 1. The number of nitrogens with one attached hydrogen (secondary N) is 1. The zero-order chi connectivity index (χ0) is 24.6. The standard InChI is InChI=1S/C19H18ClN7O5S2/c1-32-25-12(11-7-34-19(22)23-11)15(28)24-13-16(29)27-14(18(30)31)8(6-33-17(13)27)4-26-3-2-9(20)10(21)5-26/h2-3,5,7,13,17H,4,6,21H2,1H3,(H3-,22,23,24,28,30,31)/p+1/t13-,17+/m1/s1. The molecule has 4 heterocycles. The van der Waals surface area contributed by atoms with E-state index >= 15 is 0 Å². The van der Waals surface area contributed by atoms with Crippen molar-refractivity contribution < 1.29 is 28.9 Å². The van der Waals surface area contributed by atoms with Gasteiger partial charge in [0.15, 0.2) is 29.8 Å². The predicted molar refractivity (Wildman–Crippen MR) is 126 cm³/mol. The van der Waals surface area contributed by atoms with E-state index in [9.17, 15) is 19.5 Å². The van der Waals surface area contributed by atoms with Crippen LogP contribution in [0, 0.1) is 0 Å². The number of aliphatic carboxylic acids is 1. The molecule has 0 bridgehead atoms. The van der Waals surface area contributed by atoms with Gasteiger partial charge in [0.1, 0.15) is 35.6 Å². The number of nitrogen functional groups attached to an aromatic ring is 2.